The Morgan fingerprint density at radius 3 is 2.25 bits per heavy atom. The first kappa shape index (κ1) is 18.3. The Balaban J connectivity index is 1.49. The molecule has 1 N–H and O–H groups in total. The molecule has 3 aromatic carbocycles. The van der Waals surface area contributed by atoms with Crippen molar-refractivity contribution in [1.29, 1.82) is 0 Å². The van der Waals surface area contributed by atoms with E-state index < -0.39 is 0 Å². The molecule has 140 valence electrons. The van der Waals surface area contributed by atoms with Crippen molar-refractivity contribution in [2.45, 2.75) is 13.8 Å². The Bertz CT molecular complexity index is 1150. The van der Waals surface area contributed by atoms with Crippen LogP contribution in [0.3, 0.4) is 0 Å². The summed E-state index contributed by atoms with van der Waals surface area (Å²) in [5.41, 5.74) is 3.35. The van der Waals surface area contributed by atoms with Gasteiger partial charge in [-0.3, -0.25) is 4.79 Å². The molecule has 0 atom stereocenters. The second kappa shape index (κ2) is 7.52. The maximum Gasteiger partial charge on any atom is 0.291 e. The van der Waals surface area contributed by atoms with Gasteiger partial charge in [-0.15, -0.1) is 0 Å². The van der Waals surface area contributed by atoms with E-state index in [9.17, 15) is 4.79 Å². The van der Waals surface area contributed by atoms with Gasteiger partial charge in [-0.2, -0.15) is 0 Å². The van der Waals surface area contributed by atoms with Crippen LogP contribution >= 0.6 is 15.9 Å². The highest BCUT2D eigenvalue weighted by atomic mass is 79.9. The first-order valence-electron chi connectivity index (χ1n) is 8.84. The number of anilines is 1. The molecule has 0 fully saturated rings. The third-order valence-corrected chi connectivity index (χ3v) is 4.97. The van der Waals surface area contributed by atoms with Gasteiger partial charge in [0, 0.05) is 21.1 Å². The van der Waals surface area contributed by atoms with Crippen LogP contribution in [0, 0.1) is 13.8 Å². The van der Waals surface area contributed by atoms with Crippen molar-refractivity contribution in [3.63, 3.8) is 0 Å². The van der Waals surface area contributed by atoms with Crippen molar-refractivity contribution in [3.05, 3.63) is 88.1 Å². The number of amides is 1. The van der Waals surface area contributed by atoms with Crippen molar-refractivity contribution in [2.75, 3.05) is 5.32 Å². The normalized spacial score (nSPS) is 10.8. The summed E-state index contributed by atoms with van der Waals surface area (Å²) in [5, 5.41) is 3.79. The number of hydrogen-bond acceptors (Lipinski definition) is 3. The van der Waals surface area contributed by atoms with Gasteiger partial charge in [-0.05, 0) is 68.4 Å². The SMILES string of the molecule is Cc1ccc(Oc2ccc(NC(=O)c3oc4ccc(Br)cc4c3C)cc2)cc1. The molecule has 0 radical (unpaired) electrons. The Morgan fingerprint density at radius 2 is 1.57 bits per heavy atom. The number of rotatable bonds is 4. The fraction of sp³-hybridized carbons (Fsp3) is 0.0870. The van der Waals surface area contributed by atoms with E-state index in [1.807, 2.05) is 68.4 Å². The van der Waals surface area contributed by atoms with Gasteiger partial charge in [0.2, 0.25) is 0 Å². The summed E-state index contributed by atoms with van der Waals surface area (Å²) in [4.78, 5) is 12.6. The van der Waals surface area contributed by atoms with Gasteiger partial charge in [-0.1, -0.05) is 33.6 Å². The largest absolute Gasteiger partial charge is 0.457 e. The molecule has 0 saturated heterocycles. The Morgan fingerprint density at radius 1 is 0.929 bits per heavy atom. The van der Waals surface area contributed by atoms with Crippen molar-refractivity contribution < 1.29 is 13.9 Å². The van der Waals surface area contributed by atoms with Gasteiger partial charge in [0.25, 0.3) is 5.91 Å². The minimum absolute atomic E-state index is 0.281. The second-order valence-electron chi connectivity index (χ2n) is 6.59. The van der Waals surface area contributed by atoms with Crippen LogP contribution in [0.1, 0.15) is 21.7 Å². The number of ether oxygens (including phenoxy) is 1. The molecule has 4 rings (SSSR count). The molecule has 0 aliphatic rings. The van der Waals surface area contributed by atoms with Crippen LogP contribution in [0.2, 0.25) is 0 Å². The van der Waals surface area contributed by atoms with E-state index in [1.54, 1.807) is 12.1 Å². The van der Waals surface area contributed by atoms with Gasteiger partial charge >= 0.3 is 0 Å². The van der Waals surface area contributed by atoms with E-state index in [0.29, 0.717) is 22.8 Å². The number of aryl methyl sites for hydroxylation is 2. The van der Waals surface area contributed by atoms with Crippen LogP contribution in [0.5, 0.6) is 11.5 Å². The van der Waals surface area contributed by atoms with Crippen LogP contribution in [0.15, 0.2) is 75.6 Å². The van der Waals surface area contributed by atoms with Gasteiger partial charge in [0.15, 0.2) is 5.76 Å². The van der Waals surface area contributed by atoms with E-state index in [1.165, 1.54) is 5.56 Å². The van der Waals surface area contributed by atoms with Gasteiger partial charge in [-0.25, -0.2) is 0 Å². The summed E-state index contributed by atoms with van der Waals surface area (Å²) in [7, 11) is 0. The van der Waals surface area contributed by atoms with Crippen LogP contribution in [0.4, 0.5) is 5.69 Å². The number of benzene rings is 3. The van der Waals surface area contributed by atoms with E-state index >= 15 is 0 Å². The van der Waals surface area contributed by atoms with E-state index in [0.717, 1.165) is 21.2 Å². The lowest BCUT2D eigenvalue weighted by Crippen LogP contribution is -2.11. The molecule has 28 heavy (non-hydrogen) atoms. The predicted molar refractivity (Wildman–Crippen MR) is 114 cm³/mol. The lowest BCUT2D eigenvalue weighted by molar-refractivity contribution is 0.0998. The molecule has 5 heteroatoms. The number of nitrogens with one attached hydrogen (secondary N) is 1. The smallest absolute Gasteiger partial charge is 0.291 e. The van der Waals surface area contributed by atoms with Crippen molar-refractivity contribution in [2.24, 2.45) is 0 Å². The number of carbonyl (C=O) groups is 1. The first-order chi connectivity index (χ1) is 13.5. The predicted octanol–water partition coefficient (Wildman–Crippen LogP) is 6.86. The third kappa shape index (κ3) is 3.80. The van der Waals surface area contributed by atoms with E-state index in [-0.39, 0.29) is 5.91 Å². The zero-order chi connectivity index (χ0) is 19.7. The zero-order valence-electron chi connectivity index (χ0n) is 15.5. The highest BCUT2D eigenvalue weighted by Crippen LogP contribution is 2.29. The average Bonchev–Trinajstić information content (AvgIpc) is 3.01. The molecule has 4 aromatic rings. The number of carbonyl (C=O) groups excluding carboxylic acids is 1. The second-order valence-corrected chi connectivity index (χ2v) is 7.51. The van der Waals surface area contributed by atoms with Crippen LogP contribution in [-0.4, -0.2) is 5.91 Å². The molecule has 1 aromatic heterocycles. The molecule has 0 aliphatic carbocycles. The zero-order valence-corrected chi connectivity index (χ0v) is 17.0. The number of halogens is 1. The van der Waals surface area contributed by atoms with E-state index in [2.05, 4.69) is 21.2 Å². The molecule has 1 amide bonds. The molecule has 0 aliphatic heterocycles. The number of hydrogen-bond donors (Lipinski definition) is 1. The Labute approximate surface area is 171 Å². The Kier molecular flexibility index (Phi) is 4.92. The van der Waals surface area contributed by atoms with Crippen molar-refractivity contribution in [1.82, 2.24) is 0 Å². The van der Waals surface area contributed by atoms with Crippen molar-refractivity contribution in [3.8, 4) is 11.5 Å². The molecule has 1 heterocycles. The summed E-state index contributed by atoms with van der Waals surface area (Å²) >= 11 is 3.45. The topological polar surface area (TPSA) is 51.5 Å². The summed E-state index contributed by atoms with van der Waals surface area (Å²) < 4.78 is 12.5. The molecule has 0 unspecified atom stereocenters. The molecular formula is C23H18BrNO3. The maximum absolute atomic E-state index is 12.6. The summed E-state index contributed by atoms with van der Waals surface area (Å²) in [6.45, 7) is 3.91. The fourth-order valence-electron chi connectivity index (χ4n) is 2.95. The van der Waals surface area contributed by atoms with E-state index in [4.69, 9.17) is 9.15 Å². The highest BCUT2D eigenvalue weighted by molar-refractivity contribution is 9.10. The Hall–Kier alpha value is -3.05. The third-order valence-electron chi connectivity index (χ3n) is 4.47. The summed E-state index contributed by atoms with van der Waals surface area (Å²) in [6.07, 6.45) is 0. The average molecular weight is 436 g/mol. The van der Waals surface area contributed by atoms with Crippen LogP contribution < -0.4 is 10.1 Å². The maximum atomic E-state index is 12.6. The van der Waals surface area contributed by atoms with Crippen LogP contribution in [0.25, 0.3) is 11.0 Å². The summed E-state index contributed by atoms with van der Waals surface area (Å²) in [6, 6.07) is 20.8. The van der Waals surface area contributed by atoms with Gasteiger partial charge in [0.1, 0.15) is 17.1 Å². The molecule has 0 saturated carbocycles. The minimum atomic E-state index is -0.281. The van der Waals surface area contributed by atoms with Crippen molar-refractivity contribution >= 4 is 38.5 Å². The summed E-state index contributed by atoms with van der Waals surface area (Å²) in [5.74, 6) is 1.50. The highest BCUT2D eigenvalue weighted by Gasteiger charge is 2.18. The van der Waals surface area contributed by atoms with Crippen LogP contribution in [-0.2, 0) is 0 Å². The standard InChI is InChI=1S/C23H18BrNO3/c1-14-3-8-18(9-4-14)27-19-10-6-17(7-11-19)25-23(26)22-15(2)20-13-16(24)5-12-21(20)28-22/h3-13H,1-2H3,(H,25,26). The quantitative estimate of drug-likeness (QED) is 0.380. The molecule has 0 spiro atoms. The van der Waals surface area contributed by atoms with Gasteiger partial charge < -0.3 is 14.5 Å². The monoisotopic (exact) mass is 435 g/mol. The lowest BCUT2D eigenvalue weighted by Gasteiger charge is -2.08. The molecule has 0 bridgehead atoms. The molecule has 4 nitrogen and oxygen atoms in total. The first-order valence-corrected chi connectivity index (χ1v) is 9.63. The minimum Gasteiger partial charge on any atom is -0.457 e. The number of furan rings is 1. The van der Waals surface area contributed by atoms with Gasteiger partial charge in [0.05, 0.1) is 0 Å². The fourth-order valence-corrected chi connectivity index (χ4v) is 3.31. The molecular weight excluding hydrogens is 418 g/mol. The number of fused-ring (bicyclic) bond motifs is 1. The lowest BCUT2D eigenvalue weighted by atomic mass is 10.1.